The molecule has 10 heavy (non-hydrogen) atoms. The van der Waals surface area contributed by atoms with Gasteiger partial charge in [-0.25, -0.2) is 0 Å². The zero-order chi connectivity index (χ0) is 8.57. The first-order valence-electron chi connectivity index (χ1n) is 3.35. The summed E-state index contributed by atoms with van der Waals surface area (Å²) in [5.74, 6) is -1.18. The van der Waals surface area contributed by atoms with E-state index in [0.717, 1.165) is 6.54 Å². The predicted molar refractivity (Wildman–Crippen MR) is 36.7 cm³/mol. The zero-order valence-electron chi connectivity index (χ0n) is 6.59. The number of hydrogen-bond donors (Lipinski definition) is 2. The maximum atomic E-state index is 9.69. The van der Waals surface area contributed by atoms with Gasteiger partial charge in [0, 0.05) is 6.04 Å². The minimum Gasteiger partial charge on any atom is -0.548 e. The van der Waals surface area contributed by atoms with Gasteiger partial charge in [0.1, 0.15) is 0 Å². The van der Waals surface area contributed by atoms with Crippen LogP contribution >= 0.6 is 0 Å². The lowest BCUT2D eigenvalue weighted by molar-refractivity contribution is -0.361. The third-order valence-electron chi connectivity index (χ3n) is 0.743. The minimum atomic E-state index is -1.18. The lowest BCUT2D eigenvalue weighted by Gasteiger charge is -2.06. The number of carboxylic acids is 1. The lowest BCUT2D eigenvalue weighted by Crippen LogP contribution is -2.48. The molecular weight excluding hydrogens is 132 g/mol. The highest BCUT2D eigenvalue weighted by molar-refractivity contribution is 5.70. The fourth-order valence-corrected chi connectivity index (χ4v) is 0.167. The summed E-state index contributed by atoms with van der Waals surface area (Å²) < 4.78 is 0. The number of rotatable bonds is 2. The van der Waals surface area contributed by atoms with Crippen molar-refractivity contribution in [1.82, 2.24) is 0 Å². The van der Waals surface area contributed by atoms with Crippen molar-refractivity contribution in [3.63, 3.8) is 0 Å². The van der Waals surface area contributed by atoms with Gasteiger partial charge in [0.2, 0.25) is 0 Å². The summed E-state index contributed by atoms with van der Waals surface area (Å²) in [4.78, 5) is 9.69. The molecule has 4 heteroatoms. The Hall–Kier alpha value is -0.610. The molecule has 0 aliphatic heterocycles. The molecule has 62 valence electrons. The Labute approximate surface area is 61.2 Å². The average molecular weight is 148 g/mol. The second-order valence-corrected chi connectivity index (χ2v) is 1.83. The highest BCUT2D eigenvalue weighted by Gasteiger charge is 1.94. The van der Waals surface area contributed by atoms with Crippen LogP contribution in [0, 0.1) is 0 Å². The molecule has 0 saturated carbocycles. The van der Waals surface area contributed by atoms with Crippen LogP contribution in [0.25, 0.3) is 0 Å². The molecule has 0 aromatic heterocycles. The van der Waals surface area contributed by atoms with Crippen molar-refractivity contribution in [2.75, 3.05) is 6.54 Å². The maximum absolute atomic E-state index is 9.69. The summed E-state index contributed by atoms with van der Waals surface area (Å²) in [6, 6.07) is -0.792. The van der Waals surface area contributed by atoms with Crippen molar-refractivity contribution in [2.45, 2.75) is 26.3 Å². The molecule has 1 atom stereocenters. The molecule has 0 fully saturated rings. The second-order valence-electron chi connectivity index (χ2n) is 1.83. The number of carbonyl (C=O) groups excluding carboxylic acids is 1. The van der Waals surface area contributed by atoms with E-state index in [4.69, 9.17) is 5.73 Å². The maximum Gasteiger partial charge on any atom is 0.0711 e. The summed E-state index contributed by atoms with van der Waals surface area (Å²) in [7, 11) is 0. The van der Waals surface area contributed by atoms with Crippen LogP contribution < -0.4 is 16.6 Å². The Morgan fingerprint density at radius 3 is 2.00 bits per heavy atom. The van der Waals surface area contributed by atoms with Crippen molar-refractivity contribution in [3.05, 3.63) is 0 Å². The Morgan fingerprint density at radius 1 is 1.70 bits per heavy atom. The molecule has 0 aromatic rings. The molecule has 0 aromatic carbocycles. The third-order valence-corrected chi connectivity index (χ3v) is 0.743. The van der Waals surface area contributed by atoms with E-state index in [1.165, 1.54) is 0 Å². The monoisotopic (exact) mass is 148 g/mol. The van der Waals surface area contributed by atoms with E-state index in [9.17, 15) is 9.90 Å². The molecule has 5 N–H and O–H groups in total. The van der Waals surface area contributed by atoms with Gasteiger partial charge in [-0.3, -0.25) is 0 Å². The molecular formula is C6H16N2O2. The number of carbonyl (C=O) groups is 1. The van der Waals surface area contributed by atoms with Gasteiger partial charge in [-0.1, -0.05) is 6.92 Å². The normalized spacial score (nSPS) is 11.2. The lowest BCUT2D eigenvalue weighted by atomic mass is 10.2. The van der Waals surface area contributed by atoms with Crippen molar-refractivity contribution < 1.29 is 15.6 Å². The number of hydrogen-bond acceptors (Lipinski definition) is 3. The molecule has 4 nitrogen and oxygen atoms in total. The van der Waals surface area contributed by atoms with E-state index >= 15 is 0 Å². The van der Waals surface area contributed by atoms with Gasteiger partial charge in [0.15, 0.2) is 0 Å². The van der Waals surface area contributed by atoms with Crippen LogP contribution in [0.3, 0.4) is 0 Å². The number of nitrogens with two attached hydrogens (primary N) is 1. The van der Waals surface area contributed by atoms with Gasteiger partial charge in [-0.05, 0) is 13.3 Å². The Morgan fingerprint density at radius 2 is 2.00 bits per heavy atom. The van der Waals surface area contributed by atoms with Crippen LogP contribution in [0.5, 0.6) is 0 Å². The van der Waals surface area contributed by atoms with Gasteiger partial charge in [0.05, 0.1) is 12.5 Å². The average Bonchev–Trinajstić information content (AvgIpc) is 1.88. The molecule has 0 aliphatic carbocycles. The molecule has 1 unspecified atom stereocenters. The highest BCUT2D eigenvalue weighted by atomic mass is 16.4. The van der Waals surface area contributed by atoms with E-state index in [2.05, 4.69) is 5.73 Å². The number of aliphatic carboxylic acids is 1. The van der Waals surface area contributed by atoms with Crippen molar-refractivity contribution >= 4 is 5.97 Å². The van der Waals surface area contributed by atoms with E-state index in [-0.39, 0.29) is 0 Å². The van der Waals surface area contributed by atoms with Crippen LogP contribution in [0.2, 0.25) is 0 Å². The van der Waals surface area contributed by atoms with Crippen LogP contribution in [-0.2, 0) is 4.79 Å². The molecule has 0 saturated heterocycles. The number of carboxylic acid groups (broad SMARTS) is 1. The summed E-state index contributed by atoms with van der Waals surface area (Å²) in [5, 5.41) is 9.69. The first-order chi connectivity index (χ1) is 4.59. The Bertz CT molecular complexity index is 85.8. The van der Waals surface area contributed by atoms with Crippen molar-refractivity contribution in [1.29, 1.82) is 0 Å². The second kappa shape index (κ2) is 8.39. The summed E-state index contributed by atoms with van der Waals surface area (Å²) >= 11 is 0. The Balaban J connectivity index is 0. The fraction of sp³-hybridized carbons (Fsp3) is 0.833. The van der Waals surface area contributed by atoms with Crippen LogP contribution in [-0.4, -0.2) is 18.6 Å². The first-order valence-corrected chi connectivity index (χ1v) is 3.35. The van der Waals surface area contributed by atoms with Crippen molar-refractivity contribution in [3.8, 4) is 0 Å². The molecule has 0 rings (SSSR count). The van der Waals surface area contributed by atoms with E-state index < -0.39 is 12.0 Å². The topological polar surface area (TPSA) is 93.8 Å². The molecule has 0 bridgehead atoms. The quantitative estimate of drug-likeness (QED) is 0.462. The molecule has 0 radical (unpaired) electrons. The third kappa shape index (κ3) is 10.4. The standard InChI is InChI=1S/C4H9NO2.C2H7N/c1-2-3(5)4(6)7;1-2-3/h3H,2,5H2,1H3,(H,6,7);2-3H2,1H3. The largest absolute Gasteiger partial charge is 0.548 e. The van der Waals surface area contributed by atoms with Gasteiger partial charge < -0.3 is 21.4 Å². The SMILES string of the molecule is CCC(N)C(=O)[O-].CC[NH3+]. The van der Waals surface area contributed by atoms with Gasteiger partial charge in [-0.15, -0.1) is 0 Å². The van der Waals surface area contributed by atoms with Crippen molar-refractivity contribution in [2.24, 2.45) is 5.73 Å². The molecule has 0 aliphatic rings. The first kappa shape index (κ1) is 12.1. The predicted octanol–water partition coefficient (Wildman–Crippen LogP) is -2.28. The van der Waals surface area contributed by atoms with Crippen LogP contribution in [0.1, 0.15) is 20.3 Å². The summed E-state index contributed by atoms with van der Waals surface area (Å²) in [6.45, 7) is 4.71. The summed E-state index contributed by atoms with van der Waals surface area (Å²) in [6.07, 6.45) is 0.433. The Kier molecular flexibility index (Phi) is 10.2. The minimum absolute atomic E-state index is 0.433. The van der Waals surface area contributed by atoms with Gasteiger partial charge in [0.25, 0.3) is 0 Å². The van der Waals surface area contributed by atoms with E-state index in [1.807, 2.05) is 6.92 Å². The molecule has 0 heterocycles. The van der Waals surface area contributed by atoms with E-state index in [0.29, 0.717) is 6.42 Å². The van der Waals surface area contributed by atoms with E-state index in [1.54, 1.807) is 6.92 Å². The van der Waals surface area contributed by atoms with Gasteiger partial charge in [-0.2, -0.15) is 0 Å². The number of quaternary nitrogens is 1. The highest BCUT2D eigenvalue weighted by Crippen LogP contribution is 1.79. The molecule has 0 amide bonds. The zero-order valence-corrected chi connectivity index (χ0v) is 6.59. The summed E-state index contributed by atoms with van der Waals surface area (Å²) in [5.41, 5.74) is 8.44. The fourth-order valence-electron chi connectivity index (χ4n) is 0.167. The van der Waals surface area contributed by atoms with Crippen LogP contribution in [0.15, 0.2) is 0 Å². The van der Waals surface area contributed by atoms with Gasteiger partial charge >= 0.3 is 0 Å². The molecule has 0 spiro atoms. The van der Waals surface area contributed by atoms with Crippen LogP contribution in [0.4, 0.5) is 0 Å². The smallest absolute Gasteiger partial charge is 0.0711 e.